The highest BCUT2D eigenvalue weighted by Gasteiger charge is 2.24. The van der Waals surface area contributed by atoms with Gasteiger partial charge in [0.2, 0.25) is 0 Å². The van der Waals surface area contributed by atoms with E-state index in [1.54, 1.807) is 0 Å². The second-order valence-corrected chi connectivity index (χ2v) is 10.0. The van der Waals surface area contributed by atoms with Crippen LogP contribution in [0.5, 0.6) is 0 Å². The molecule has 0 spiro atoms. The summed E-state index contributed by atoms with van der Waals surface area (Å²) in [5.74, 6) is 0. The SMILES string of the molecule is COC(=O)N([SiH3])[Si](C)(C)C. The number of hydrogen-bond donors (Lipinski definition) is 0. The number of nitrogens with zero attached hydrogens (tertiary/aromatic N) is 1. The van der Waals surface area contributed by atoms with Gasteiger partial charge in [-0.05, 0) is 0 Å². The quantitative estimate of drug-likeness (QED) is 0.534. The molecule has 0 aromatic heterocycles. The molecule has 5 heteroatoms. The third-order valence-corrected chi connectivity index (χ3v) is 8.04. The van der Waals surface area contributed by atoms with Crippen LogP contribution in [-0.2, 0) is 4.74 Å². The fraction of sp³-hybridized carbons (Fsp3) is 0.800. The lowest BCUT2D eigenvalue weighted by molar-refractivity contribution is 0.163. The van der Waals surface area contributed by atoms with Crippen LogP contribution in [-0.4, -0.2) is 36.1 Å². The van der Waals surface area contributed by atoms with Crippen LogP contribution in [0.3, 0.4) is 0 Å². The third kappa shape index (κ3) is 2.53. The van der Waals surface area contributed by atoms with Crippen molar-refractivity contribution in [2.24, 2.45) is 0 Å². The average molecular weight is 177 g/mol. The van der Waals surface area contributed by atoms with Crippen molar-refractivity contribution in [3.8, 4) is 0 Å². The zero-order valence-corrected chi connectivity index (χ0v) is 10.3. The maximum absolute atomic E-state index is 10.9. The van der Waals surface area contributed by atoms with Crippen molar-refractivity contribution in [1.82, 2.24) is 4.23 Å². The molecule has 0 bridgehead atoms. The van der Waals surface area contributed by atoms with Crippen LogP contribution in [0.15, 0.2) is 0 Å². The normalized spacial score (nSPS) is 11.2. The Morgan fingerprint density at radius 1 is 1.50 bits per heavy atom. The summed E-state index contributed by atoms with van der Waals surface area (Å²) in [6, 6.07) is 0. The molecule has 60 valence electrons. The topological polar surface area (TPSA) is 29.5 Å². The molecule has 0 N–H and O–H groups in total. The van der Waals surface area contributed by atoms with Gasteiger partial charge < -0.3 is 8.97 Å². The molecule has 10 heavy (non-hydrogen) atoms. The first kappa shape index (κ1) is 9.70. The summed E-state index contributed by atoms with van der Waals surface area (Å²) in [4.78, 5) is 10.9. The third-order valence-electron chi connectivity index (χ3n) is 1.45. The Morgan fingerprint density at radius 3 is 2.00 bits per heavy atom. The van der Waals surface area contributed by atoms with Crippen molar-refractivity contribution in [3.05, 3.63) is 0 Å². The Labute approximate surface area is 65.9 Å². The standard InChI is InChI=1S/C5H15NO2Si2/c1-8-5(7)6(9)10(2,3)4/h1-4,9H3. The molecule has 0 saturated carbocycles. The summed E-state index contributed by atoms with van der Waals surface area (Å²) >= 11 is 0. The van der Waals surface area contributed by atoms with Crippen LogP contribution in [0.2, 0.25) is 19.6 Å². The second kappa shape index (κ2) is 3.20. The summed E-state index contributed by atoms with van der Waals surface area (Å²) < 4.78 is 6.42. The van der Waals surface area contributed by atoms with Gasteiger partial charge in [-0.2, -0.15) is 0 Å². The Morgan fingerprint density at radius 2 is 1.90 bits per heavy atom. The monoisotopic (exact) mass is 177 g/mol. The minimum absolute atomic E-state index is 0.175. The molecule has 1 amide bonds. The molecule has 0 aromatic rings. The van der Waals surface area contributed by atoms with Crippen LogP contribution in [0.1, 0.15) is 0 Å². The number of rotatable bonds is 1. The van der Waals surface area contributed by atoms with Gasteiger partial charge in [-0.1, -0.05) is 19.6 Å². The number of carbonyl (C=O) groups excluding carboxylic acids is 1. The van der Waals surface area contributed by atoms with Gasteiger partial charge in [-0.15, -0.1) is 0 Å². The fourth-order valence-electron chi connectivity index (χ4n) is 0.411. The molecule has 0 aliphatic heterocycles. The summed E-state index contributed by atoms with van der Waals surface area (Å²) in [5.41, 5.74) is 0. The van der Waals surface area contributed by atoms with Crippen LogP contribution < -0.4 is 0 Å². The van der Waals surface area contributed by atoms with Crippen molar-refractivity contribution < 1.29 is 9.53 Å². The van der Waals surface area contributed by atoms with Crippen LogP contribution >= 0.6 is 0 Å². The predicted octanol–water partition coefficient (Wildman–Crippen LogP) is 0.170. The lowest BCUT2D eigenvalue weighted by atomic mass is 11.2. The summed E-state index contributed by atoms with van der Waals surface area (Å²) in [7, 11) is 0.762. The van der Waals surface area contributed by atoms with E-state index in [2.05, 4.69) is 24.4 Å². The first-order valence-corrected chi connectivity index (χ1v) is 7.55. The first-order valence-electron chi connectivity index (χ1n) is 3.21. The number of amides is 1. The average Bonchev–Trinajstić information content (AvgIpc) is 1.83. The lowest BCUT2D eigenvalue weighted by Gasteiger charge is -2.29. The Balaban J connectivity index is 4.08. The summed E-state index contributed by atoms with van der Waals surface area (Å²) in [6.45, 7) is 6.37. The highest BCUT2D eigenvalue weighted by Crippen LogP contribution is 2.06. The largest absolute Gasteiger partial charge is 0.454 e. The molecule has 0 heterocycles. The minimum Gasteiger partial charge on any atom is -0.454 e. The molecule has 0 unspecified atom stereocenters. The maximum Gasteiger partial charge on any atom is 0.392 e. The Hall–Kier alpha value is -0.296. The molecule has 0 radical (unpaired) electrons. The van der Waals surface area contributed by atoms with Gasteiger partial charge >= 0.3 is 6.09 Å². The van der Waals surface area contributed by atoms with Gasteiger partial charge in [0.15, 0.2) is 0 Å². The number of ether oxygens (including phenoxy) is 1. The predicted molar refractivity (Wildman–Crippen MR) is 47.5 cm³/mol. The maximum atomic E-state index is 10.9. The van der Waals surface area contributed by atoms with E-state index in [0.717, 1.165) is 10.4 Å². The van der Waals surface area contributed by atoms with Gasteiger partial charge in [0, 0.05) is 0 Å². The van der Waals surface area contributed by atoms with E-state index in [-0.39, 0.29) is 6.09 Å². The number of methoxy groups -OCH3 is 1. The van der Waals surface area contributed by atoms with Crippen LogP contribution in [0.25, 0.3) is 0 Å². The molecule has 0 fully saturated rings. The van der Waals surface area contributed by atoms with Gasteiger partial charge in [0.1, 0.15) is 18.6 Å². The van der Waals surface area contributed by atoms with E-state index in [9.17, 15) is 4.79 Å². The van der Waals surface area contributed by atoms with E-state index in [1.807, 2.05) is 4.23 Å². The van der Waals surface area contributed by atoms with Crippen molar-refractivity contribution in [2.75, 3.05) is 7.11 Å². The molecule has 0 aliphatic carbocycles. The lowest BCUT2D eigenvalue weighted by Crippen LogP contribution is -2.47. The van der Waals surface area contributed by atoms with E-state index >= 15 is 0 Å². The van der Waals surface area contributed by atoms with E-state index in [0.29, 0.717) is 0 Å². The van der Waals surface area contributed by atoms with Gasteiger partial charge in [0.05, 0.1) is 7.11 Å². The first-order chi connectivity index (χ1) is 4.39. The highest BCUT2D eigenvalue weighted by molar-refractivity contribution is 6.79. The highest BCUT2D eigenvalue weighted by atomic mass is 28.4. The molecular weight excluding hydrogens is 162 g/mol. The zero-order valence-electron chi connectivity index (χ0n) is 7.26. The van der Waals surface area contributed by atoms with Crippen molar-refractivity contribution >= 4 is 24.7 Å². The van der Waals surface area contributed by atoms with Crippen molar-refractivity contribution in [3.63, 3.8) is 0 Å². The van der Waals surface area contributed by atoms with Gasteiger partial charge in [-0.3, -0.25) is 0 Å². The molecule has 0 aromatic carbocycles. The zero-order chi connectivity index (χ0) is 8.36. The van der Waals surface area contributed by atoms with E-state index < -0.39 is 8.24 Å². The minimum atomic E-state index is -1.42. The number of hydrogen-bond acceptors (Lipinski definition) is 2. The molecule has 0 atom stereocenters. The molecule has 0 aliphatic rings. The van der Waals surface area contributed by atoms with Gasteiger partial charge in [-0.25, -0.2) is 4.79 Å². The Bertz CT molecular complexity index is 132. The summed E-state index contributed by atoms with van der Waals surface area (Å²) in [5, 5.41) is 0. The van der Waals surface area contributed by atoms with E-state index in [1.165, 1.54) is 7.11 Å². The number of carbonyl (C=O) groups is 1. The Kier molecular flexibility index (Phi) is 3.11. The van der Waals surface area contributed by atoms with Crippen molar-refractivity contribution in [2.45, 2.75) is 19.6 Å². The smallest absolute Gasteiger partial charge is 0.392 e. The molecule has 0 saturated heterocycles. The fourth-order valence-corrected chi connectivity index (χ4v) is 1.23. The van der Waals surface area contributed by atoms with Gasteiger partial charge in [0.25, 0.3) is 0 Å². The van der Waals surface area contributed by atoms with Crippen LogP contribution in [0, 0.1) is 0 Å². The molecule has 3 nitrogen and oxygen atoms in total. The van der Waals surface area contributed by atoms with Crippen LogP contribution in [0.4, 0.5) is 4.79 Å². The van der Waals surface area contributed by atoms with E-state index in [4.69, 9.17) is 0 Å². The van der Waals surface area contributed by atoms with Crippen molar-refractivity contribution in [1.29, 1.82) is 0 Å². The molecule has 0 rings (SSSR count). The summed E-state index contributed by atoms with van der Waals surface area (Å²) in [6.07, 6.45) is -0.175. The molecular formula is C5H15NO2Si2. The second-order valence-electron chi connectivity index (χ2n) is 3.20.